The van der Waals surface area contributed by atoms with E-state index in [9.17, 15) is 10.1 Å². The van der Waals surface area contributed by atoms with Gasteiger partial charge in [-0.05, 0) is 18.4 Å². The minimum absolute atomic E-state index is 0.0860. The van der Waals surface area contributed by atoms with Crippen LogP contribution in [0.5, 0.6) is 0 Å². The number of nitro groups is 1. The largest absolute Gasteiger partial charge is 0.265 e. The zero-order valence-electron chi connectivity index (χ0n) is 9.06. The average Bonchev–Trinajstić information content (AvgIpc) is 2.18. The highest BCUT2D eigenvalue weighted by Gasteiger charge is 2.14. The van der Waals surface area contributed by atoms with E-state index in [1.807, 2.05) is 30.3 Å². The molecule has 82 valence electrons. The Morgan fingerprint density at radius 3 is 2.53 bits per heavy atom. The molecule has 0 spiro atoms. The molecule has 0 saturated heterocycles. The molecule has 15 heavy (non-hydrogen) atoms. The molecule has 0 heterocycles. The summed E-state index contributed by atoms with van der Waals surface area (Å²) < 4.78 is 0. The summed E-state index contributed by atoms with van der Waals surface area (Å²) in [4.78, 5) is 10.3. The molecule has 0 aromatic heterocycles. The van der Waals surface area contributed by atoms with Gasteiger partial charge >= 0.3 is 0 Å². The van der Waals surface area contributed by atoms with Crippen LogP contribution in [0.1, 0.15) is 25.3 Å². The smallest absolute Gasteiger partial charge is 0.207 e. The van der Waals surface area contributed by atoms with Crippen LogP contribution in [-0.4, -0.2) is 11.5 Å². The maximum atomic E-state index is 10.5. The van der Waals surface area contributed by atoms with Crippen LogP contribution in [0.25, 0.3) is 0 Å². The van der Waals surface area contributed by atoms with Gasteiger partial charge in [-0.1, -0.05) is 43.7 Å². The summed E-state index contributed by atoms with van der Waals surface area (Å²) in [5.41, 5.74) is 1.19. The predicted octanol–water partition coefficient (Wildman–Crippen LogP) is 2.92. The highest BCUT2D eigenvalue weighted by Crippen LogP contribution is 2.14. The van der Waals surface area contributed by atoms with Crippen LogP contribution in [0.3, 0.4) is 0 Å². The van der Waals surface area contributed by atoms with Crippen LogP contribution in [-0.2, 0) is 6.42 Å². The fourth-order valence-corrected chi connectivity index (χ4v) is 1.82. The van der Waals surface area contributed by atoms with Crippen LogP contribution < -0.4 is 0 Å². The zero-order chi connectivity index (χ0) is 11.1. The molecule has 0 amide bonds. The summed E-state index contributed by atoms with van der Waals surface area (Å²) in [7, 11) is 0. The molecule has 0 N–H and O–H groups in total. The zero-order valence-corrected chi connectivity index (χ0v) is 9.06. The highest BCUT2D eigenvalue weighted by molar-refractivity contribution is 5.15. The summed E-state index contributed by atoms with van der Waals surface area (Å²) >= 11 is 0. The van der Waals surface area contributed by atoms with Gasteiger partial charge in [0.1, 0.15) is 0 Å². The van der Waals surface area contributed by atoms with Crippen molar-refractivity contribution in [3.8, 4) is 0 Å². The van der Waals surface area contributed by atoms with Gasteiger partial charge in [0.15, 0.2) is 0 Å². The first-order valence-corrected chi connectivity index (χ1v) is 5.38. The van der Waals surface area contributed by atoms with Crippen molar-refractivity contribution in [2.24, 2.45) is 5.92 Å². The molecule has 1 unspecified atom stereocenters. The Balaban J connectivity index is 2.54. The molecule has 3 nitrogen and oxygen atoms in total. The molecule has 0 aliphatic rings. The number of benzene rings is 1. The van der Waals surface area contributed by atoms with Crippen molar-refractivity contribution in [2.45, 2.75) is 26.2 Å². The molecule has 3 heteroatoms. The van der Waals surface area contributed by atoms with E-state index in [0.717, 1.165) is 19.3 Å². The third-order valence-electron chi connectivity index (χ3n) is 2.47. The van der Waals surface area contributed by atoms with E-state index in [0.29, 0.717) is 0 Å². The fourth-order valence-electron chi connectivity index (χ4n) is 1.82. The first-order chi connectivity index (χ1) is 7.22. The van der Waals surface area contributed by atoms with Crippen LogP contribution in [0.2, 0.25) is 0 Å². The first-order valence-electron chi connectivity index (χ1n) is 5.38. The monoisotopic (exact) mass is 207 g/mol. The molecule has 0 fully saturated rings. The van der Waals surface area contributed by atoms with Gasteiger partial charge in [-0.15, -0.1) is 0 Å². The summed E-state index contributed by atoms with van der Waals surface area (Å²) in [6.45, 7) is 2.15. The second-order valence-corrected chi connectivity index (χ2v) is 3.86. The third kappa shape index (κ3) is 4.58. The molecule has 0 aliphatic carbocycles. The Hall–Kier alpha value is -1.38. The second-order valence-electron chi connectivity index (χ2n) is 3.86. The minimum Gasteiger partial charge on any atom is -0.265 e. The van der Waals surface area contributed by atoms with Gasteiger partial charge in [0.05, 0.1) is 0 Å². The molecule has 0 saturated carbocycles. The first kappa shape index (κ1) is 11.7. The van der Waals surface area contributed by atoms with Gasteiger partial charge in [-0.25, -0.2) is 0 Å². The van der Waals surface area contributed by atoms with Crippen LogP contribution in [0.15, 0.2) is 30.3 Å². The van der Waals surface area contributed by atoms with Gasteiger partial charge in [0.2, 0.25) is 6.54 Å². The molecule has 0 bridgehead atoms. The molecular weight excluding hydrogens is 190 g/mol. The average molecular weight is 207 g/mol. The van der Waals surface area contributed by atoms with Crippen molar-refractivity contribution in [3.63, 3.8) is 0 Å². The molecule has 1 atom stereocenters. The van der Waals surface area contributed by atoms with Crippen molar-refractivity contribution in [2.75, 3.05) is 6.54 Å². The van der Waals surface area contributed by atoms with Crippen molar-refractivity contribution in [1.29, 1.82) is 0 Å². The number of rotatable bonds is 6. The fraction of sp³-hybridized carbons (Fsp3) is 0.500. The molecule has 1 rings (SSSR count). The normalized spacial score (nSPS) is 12.3. The minimum atomic E-state index is -0.205. The maximum absolute atomic E-state index is 10.5. The Kier molecular flexibility index (Phi) is 4.81. The van der Waals surface area contributed by atoms with Gasteiger partial charge in [0, 0.05) is 10.8 Å². The van der Waals surface area contributed by atoms with Gasteiger partial charge in [-0.2, -0.15) is 0 Å². The molecule has 1 aromatic rings. The number of nitrogens with zero attached hydrogens (tertiary/aromatic N) is 1. The van der Waals surface area contributed by atoms with Crippen molar-refractivity contribution < 1.29 is 4.92 Å². The van der Waals surface area contributed by atoms with E-state index >= 15 is 0 Å². The number of hydrogen-bond donors (Lipinski definition) is 0. The van der Waals surface area contributed by atoms with Crippen molar-refractivity contribution >= 4 is 0 Å². The van der Waals surface area contributed by atoms with E-state index in [2.05, 4.69) is 6.92 Å². The standard InChI is InChI=1S/C12H17NO2/c1-2-6-12(10-13(14)15)9-11-7-4-3-5-8-11/h3-5,7-8,12H,2,6,9-10H2,1H3. The highest BCUT2D eigenvalue weighted by atomic mass is 16.6. The van der Waals surface area contributed by atoms with E-state index in [1.165, 1.54) is 5.56 Å². The summed E-state index contributed by atoms with van der Waals surface area (Å²) in [5, 5.41) is 10.5. The lowest BCUT2D eigenvalue weighted by Gasteiger charge is -2.11. The second kappa shape index (κ2) is 6.17. The van der Waals surface area contributed by atoms with Gasteiger partial charge < -0.3 is 0 Å². The lowest BCUT2D eigenvalue weighted by molar-refractivity contribution is -0.488. The Bertz CT molecular complexity index is 298. The SMILES string of the molecule is CCCC(Cc1ccccc1)C[N+](=O)[O-]. The summed E-state index contributed by atoms with van der Waals surface area (Å²) in [6.07, 6.45) is 2.75. The molecular formula is C12H17NO2. The predicted molar refractivity (Wildman–Crippen MR) is 60.4 cm³/mol. The lowest BCUT2D eigenvalue weighted by atomic mass is 9.95. The van der Waals surface area contributed by atoms with Crippen LogP contribution in [0.4, 0.5) is 0 Å². The van der Waals surface area contributed by atoms with Gasteiger partial charge in [-0.3, -0.25) is 10.1 Å². The molecule has 0 radical (unpaired) electrons. The van der Waals surface area contributed by atoms with E-state index in [-0.39, 0.29) is 17.4 Å². The topological polar surface area (TPSA) is 43.1 Å². The molecule has 0 aliphatic heterocycles. The van der Waals surface area contributed by atoms with Crippen molar-refractivity contribution in [3.05, 3.63) is 46.0 Å². The summed E-state index contributed by atoms with van der Waals surface area (Å²) in [6, 6.07) is 9.98. The van der Waals surface area contributed by atoms with E-state index < -0.39 is 0 Å². The van der Waals surface area contributed by atoms with Crippen LogP contribution >= 0.6 is 0 Å². The van der Waals surface area contributed by atoms with E-state index in [4.69, 9.17) is 0 Å². The van der Waals surface area contributed by atoms with Gasteiger partial charge in [0.25, 0.3) is 0 Å². The number of hydrogen-bond acceptors (Lipinski definition) is 2. The van der Waals surface area contributed by atoms with Crippen molar-refractivity contribution in [1.82, 2.24) is 0 Å². The molecule has 1 aromatic carbocycles. The van der Waals surface area contributed by atoms with E-state index in [1.54, 1.807) is 0 Å². The quantitative estimate of drug-likeness (QED) is 0.531. The summed E-state index contributed by atoms with van der Waals surface area (Å²) in [5.74, 6) is 0.174. The Morgan fingerprint density at radius 2 is 2.00 bits per heavy atom. The third-order valence-corrected chi connectivity index (χ3v) is 2.47. The Morgan fingerprint density at radius 1 is 1.33 bits per heavy atom. The maximum Gasteiger partial charge on any atom is 0.207 e. The van der Waals surface area contributed by atoms with Crippen LogP contribution in [0, 0.1) is 16.0 Å². The lowest BCUT2D eigenvalue weighted by Crippen LogP contribution is -2.16. The Labute approximate surface area is 90.3 Å².